The maximum Gasteiger partial charge on any atom is 0.278 e. The molecule has 0 aliphatic heterocycles. The summed E-state index contributed by atoms with van der Waals surface area (Å²) in [5, 5.41) is 7.66. The number of amides is 2. The van der Waals surface area contributed by atoms with E-state index in [1.54, 1.807) is 24.3 Å². The molecule has 4 aromatic carbocycles. The Balaban J connectivity index is 1.60. The van der Waals surface area contributed by atoms with E-state index in [9.17, 15) is 14.4 Å². The minimum atomic E-state index is -0.418. The zero-order valence-electron chi connectivity index (χ0n) is 19.9. The SMILES string of the molecule is CC(=O)Nc1ccc(C)cc1-c1nc2ccccc2n(CC(=O)Nc2cccc3ccccc23)c1=O. The van der Waals surface area contributed by atoms with Crippen molar-refractivity contribution in [3.8, 4) is 11.3 Å². The number of fused-ring (bicyclic) bond motifs is 2. The van der Waals surface area contributed by atoms with Gasteiger partial charge in [0.1, 0.15) is 12.2 Å². The fraction of sp³-hybridized carbons (Fsp3) is 0.103. The molecule has 36 heavy (non-hydrogen) atoms. The summed E-state index contributed by atoms with van der Waals surface area (Å²) in [6, 6.07) is 26.1. The molecule has 0 fully saturated rings. The van der Waals surface area contributed by atoms with Gasteiger partial charge in [-0.15, -0.1) is 0 Å². The first kappa shape index (κ1) is 23.0. The third-order valence-electron chi connectivity index (χ3n) is 5.96. The highest BCUT2D eigenvalue weighted by Gasteiger charge is 2.18. The second-order valence-corrected chi connectivity index (χ2v) is 8.65. The van der Waals surface area contributed by atoms with Crippen molar-refractivity contribution >= 4 is 45.0 Å². The van der Waals surface area contributed by atoms with Crippen LogP contribution in [0.2, 0.25) is 0 Å². The van der Waals surface area contributed by atoms with Gasteiger partial charge >= 0.3 is 0 Å². The Morgan fingerprint density at radius 3 is 2.44 bits per heavy atom. The molecule has 0 bridgehead atoms. The average Bonchev–Trinajstić information content (AvgIpc) is 2.87. The van der Waals surface area contributed by atoms with E-state index in [0.717, 1.165) is 16.3 Å². The first-order valence-corrected chi connectivity index (χ1v) is 11.6. The Hall–Kier alpha value is -4.78. The second kappa shape index (κ2) is 9.46. The average molecular weight is 477 g/mol. The molecule has 0 atom stereocenters. The lowest BCUT2D eigenvalue weighted by Gasteiger charge is -2.15. The van der Waals surface area contributed by atoms with Crippen LogP contribution in [0.3, 0.4) is 0 Å². The molecule has 5 rings (SSSR count). The standard InChI is InChI=1S/C29H24N4O3/c1-18-14-15-24(30-19(2)34)22(16-18)28-29(36)33(26-13-6-5-11-25(26)32-28)17-27(35)31-23-12-7-9-20-8-3-4-10-21(20)23/h3-16H,17H2,1-2H3,(H,30,34)(H,31,35). The molecule has 1 aromatic heterocycles. The highest BCUT2D eigenvalue weighted by molar-refractivity contribution is 6.02. The van der Waals surface area contributed by atoms with Gasteiger partial charge in [-0.25, -0.2) is 4.98 Å². The number of aromatic nitrogens is 2. The zero-order valence-corrected chi connectivity index (χ0v) is 19.9. The lowest BCUT2D eigenvalue weighted by atomic mass is 10.1. The molecule has 0 aliphatic carbocycles. The number of nitrogens with one attached hydrogen (secondary N) is 2. The molecule has 0 aliphatic rings. The van der Waals surface area contributed by atoms with Crippen molar-refractivity contribution in [2.24, 2.45) is 0 Å². The predicted octanol–water partition coefficient (Wildman–Crippen LogP) is 5.12. The number of carbonyl (C=O) groups is 2. The Morgan fingerprint density at radius 1 is 0.861 bits per heavy atom. The number of anilines is 2. The topological polar surface area (TPSA) is 93.1 Å². The van der Waals surface area contributed by atoms with E-state index >= 15 is 0 Å². The normalized spacial score (nSPS) is 10.9. The quantitative estimate of drug-likeness (QED) is 0.368. The van der Waals surface area contributed by atoms with E-state index in [0.29, 0.717) is 28.0 Å². The predicted molar refractivity (Wildman–Crippen MR) is 143 cm³/mol. The molecule has 7 heteroatoms. The Kier molecular flexibility index (Phi) is 6.04. The summed E-state index contributed by atoms with van der Waals surface area (Å²) < 4.78 is 1.43. The van der Waals surface area contributed by atoms with Gasteiger partial charge in [0.25, 0.3) is 5.56 Å². The highest BCUT2D eigenvalue weighted by Crippen LogP contribution is 2.27. The number of hydrogen-bond donors (Lipinski definition) is 2. The number of nitrogens with zero attached hydrogens (tertiary/aromatic N) is 2. The summed E-state index contributed by atoms with van der Waals surface area (Å²) >= 11 is 0. The van der Waals surface area contributed by atoms with Crippen LogP contribution in [0.4, 0.5) is 11.4 Å². The Morgan fingerprint density at radius 2 is 1.61 bits per heavy atom. The van der Waals surface area contributed by atoms with Gasteiger partial charge in [-0.3, -0.25) is 19.0 Å². The van der Waals surface area contributed by atoms with Crippen LogP contribution in [0.1, 0.15) is 12.5 Å². The van der Waals surface area contributed by atoms with Crippen molar-refractivity contribution in [2.75, 3.05) is 10.6 Å². The summed E-state index contributed by atoms with van der Waals surface area (Å²) in [5.41, 5.74) is 3.44. The maximum absolute atomic E-state index is 13.7. The number of aryl methyl sites for hydroxylation is 1. The van der Waals surface area contributed by atoms with Gasteiger partial charge in [0, 0.05) is 23.6 Å². The molecule has 0 saturated heterocycles. The Labute approximate surface area is 207 Å². The van der Waals surface area contributed by atoms with Crippen LogP contribution in [0.5, 0.6) is 0 Å². The fourth-order valence-electron chi connectivity index (χ4n) is 4.35. The second-order valence-electron chi connectivity index (χ2n) is 8.65. The van der Waals surface area contributed by atoms with Crippen LogP contribution in [-0.2, 0) is 16.1 Å². The molecule has 0 radical (unpaired) electrons. The number of benzene rings is 4. The van der Waals surface area contributed by atoms with E-state index in [-0.39, 0.29) is 24.1 Å². The van der Waals surface area contributed by atoms with E-state index in [4.69, 9.17) is 0 Å². The van der Waals surface area contributed by atoms with E-state index in [1.165, 1.54) is 11.5 Å². The zero-order chi connectivity index (χ0) is 25.2. The van der Waals surface area contributed by atoms with Gasteiger partial charge in [0.05, 0.1) is 16.7 Å². The van der Waals surface area contributed by atoms with Gasteiger partial charge < -0.3 is 10.6 Å². The van der Waals surface area contributed by atoms with E-state index < -0.39 is 5.56 Å². The van der Waals surface area contributed by atoms with Crippen LogP contribution in [-0.4, -0.2) is 21.4 Å². The van der Waals surface area contributed by atoms with Crippen molar-refractivity contribution in [1.29, 1.82) is 0 Å². The lowest BCUT2D eigenvalue weighted by Crippen LogP contribution is -2.30. The molecular weight excluding hydrogens is 452 g/mol. The molecule has 0 saturated carbocycles. The Bertz CT molecular complexity index is 1700. The van der Waals surface area contributed by atoms with Gasteiger partial charge in [0.2, 0.25) is 11.8 Å². The van der Waals surface area contributed by atoms with E-state index in [2.05, 4.69) is 15.6 Å². The maximum atomic E-state index is 13.7. The first-order valence-electron chi connectivity index (χ1n) is 11.6. The largest absolute Gasteiger partial charge is 0.326 e. The van der Waals surface area contributed by atoms with Gasteiger partial charge in [-0.1, -0.05) is 60.2 Å². The molecule has 1 heterocycles. The van der Waals surface area contributed by atoms with E-state index in [1.807, 2.05) is 67.6 Å². The number of carbonyl (C=O) groups excluding carboxylic acids is 2. The van der Waals surface area contributed by atoms with Crippen molar-refractivity contribution in [3.05, 3.63) is 101 Å². The van der Waals surface area contributed by atoms with Crippen LogP contribution >= 0.6 is 0 Å². The monoisotopic (exact) mass is 476 g/mol. The molecule has 178 valence electrons. The van der Waals surface area contributed by atoms with Crippen LogP contribution in [0.25, 0.3) is 33.1 Å². The fourth-order valence-corrected chi connectivity index (χ4v) is 4.35. The van der Waals surface area contributed by atoms with Crippen molar-refractivity contribution in [2.45, 2.75) is 20.4 Å². The molecule has 7 nitrogen and oxygen atoms in total. The number of hydrogen-bond acceptors (Lipinski definition) is 4. The third-order valence-corrected chi connectivity index (χ3v) is 5.96. The first-order chi connectivity index (χ1) is 17.4. The molecule has 0 unspecified atom stereocenters. The molecule has 0 spiro atoms. The summed E-state index contributed by atoms with van der Waals surface area (Å²) in [4.78, 5) is 43.3. The van der Waals surface area contributed by atoms with Gasteiger partial charge in [-0.2, -0.15) is 0 Å². The smallest absolute Gasteiger partial charge is 0.278 e. The third kappa shape index (κ3) is 4.46. The van der Waals surface area contributed by atoms with Crippen LogP contribution in [0, 0.1) is 6.92 Å². The molecule has 2 N–H and O–H groups in total. The number of para-hydroxylation sites is 2. The molecular formula is C29H24N4O3. The number of rotatable bonds is 5. The summed E-state index contributed by atoms with van der Waals surface area (Å²) in [6.07, 6.45) is 0. The van der Waals surface area contributed by atoms with Crippen molar-refractivity contribution in [3.63, 3.8) is 0 Å². The molecule has 5 aromatic rings. The van der Waals surface area contributed by atoms with Crippen LogP contribution in [0.15, 0.2) is 89.7 Å². The summed E-state index contributed by atoms with van der Waals surface area (Å²) in [7, 11) is 0. The van der Waals surface area contributed by atoms with Crippen molar-refractivity contribution in [1.82, 2.24) is 9.55 Å². The minimum absolute atomic E-state index is 0.166. The minimum Gasteiger partial charge on any atom is -0.326 e. The highest BCUT2D eigenvalue weighted by atomic mass is 16.2. The van der Waals surface area contributed by atoms with Crippen LogP contribution < -0.4 is 16.2 Å². The van der Waals surface area contributed by atoms with Crippen molar-refractivity contribution < 1.29 is 9.59 Å². The summed E-state index contributed by atoms with van der Waals surface area (Å²) in [6.45, 7) is 3.12. The lowest BCUT2D eigenvalue weighted by molar-refractivity contribution is -0.117. The molecule has 2 amide bonds. The van der Waals surface area contributed by atoms with Gasteiger partial charge in [-0.05, 0) is 42.6 Å². The summed E-state index contributed by atoms with van der Waals surface area (Å²) in [5.74, 6) is -0.585. The van der Waals surface area contributed by atoms with Gasteiger partial charge in [0.15, 0.2) is 0 Å².